The Morgan fingerprint density at radius 2 is 1.77 bits per heavy atom. The van der Waals surface area contributed by atoms with E-state index in [0.29, 0.717) is 12.2 Å². The van der Waals surface area contributed by atoms with E-state index < -0.39 is 4.99 Å². The number of thiol groups is 1. The van der Waals surface area contributed by atoms with Crippen LogP contribution in [-0.4, -0.2) is 22.7 Å². The van der Waals surface area contributed by atoms with Gasteiger partial charge in [-0.25, -0.2) is 0 Å². The zero-order chi connectivity index (χ0) is 18.6. The smallest absolute Gasteiger partial charge is 0.239 e. The fourth-order valence-corrected chi connectivity index (χ4v) is 3.14. The van der Waals surface area contributed by atoms with Gasteiger partial charge in [-0.3, -0.25) is 9.59 Å². The molecule has 6 nitrogen and oxygen atoms in total. The minimum Gasteiger partial charge on any atom is -0.352 e. The highest BCUT2D eigenvalue weighted by Crippen LogP contribution is 2.39. The van der Waals surface area contributed by atoms with Crippen molar-refractivity contribution in [3.63, 3.8) is 0 Å². The number of nitrogens with one attached hydrogen (secondary N) is 4. The summed E-state index contributed by atoms with van der Waals surface area (Å²) in [6.07, 6.45) is 0.126. The largest absolute Gasteiger partial charge is 0.352 e. The van der Waals surface area contributed by atoms with Gasteiger partial charge in [-0.2, -0.15) is 0 Å². The molecule has 0 aromatic heterocycles. The summed E-state index contributed by atoms with van der Waals surface area (Å²) < 4.78 is 0. The van der Waals surface area contributed by atoms with Gasteiger partial charge in [-0.1, -0.05) is 30.3 Å². The highest BCUT2D eigenvalue weighted by Gasteiger charge is 2.35. The van der Waals surface area contributed by atoms with Gasteiger partial charge in [0.1, 0.15) is 5.88 Å². The van der Waals surface area contributed by atoms with E-state index in [9.17, 15) is 9.59 Å². The average Bonchev–Trinajstić information content (AvgIpc) is 2.95. The van der Waals surface area contributed by atoms with Gasteiger partial charge in [0.15, 0.2) is 4.99 Å². The van der Waals surface area contributed by atoms with Crippen molar-refractivity contribution in [3.8, 4) is 0 Å². The van der Waals surface area contributed by atoms with Gasteiger partial charge in [0.05, 0.1) is 17.8 Å². The zero-order valence-electron chi connectivity index (χ0n) is 13.9. The molecule has 1 aliphatic rings. The number of amides is 2. The third kappa shape index (κ3) is 4.62. The predicted octanol–water partition coefficient (Wildman–Crippen LogP) is 2.99. The zero-order valence-corrected chi connectivity index (χ0v) is 15.5. The minimum absolute atomic E-state index is 0.110. The predicted molar refractivity (Wildman–Crippen MR) is 108 cm³/mol. The summed E-state index contributed by atoms with van der Waals surface area (Å²) in [5, 5.41) is 11.9. The third-order valence-electron chi connectivity index (χ3n) is 3.86. The summed E-state index contributed by atoms with van der Waals surface area (Å²) in [7, 11) is 0. The van der Waals surface area contributed by atoms with Crippen LogP contribution in [0.25, 0.3) is 0 Å². The molecule has 2 aromatic rings. The molecule has 0 saturated heterocycles. The number of carbonyl (C=O) groups excluding carboxylic acids is 2. The SMILES string of the molecule is O=C(CC1(S)Nc2ccc(NC(=O)CCl)cc2N1)NCc1ccccc1. The molecule has 0 radical (unpaired) electrons. The molecule has 8 heteroatoms. The van der Waals surface area contributed by atoms with Crippen LogP contribution in [0.15, 0.2) is 48.5 Å². The molecule has 26 heavy (non-hydrogen) atoms. The third-order valence-corrected chi connectivity index (χ3v) is 4.48. The number of carbonyl (C=O) groups is 2. The Hall–Kier alpha value is -2.38. The highest BCUT2D eigenvalue weighted by molar-refractivity contribution is 7.82. The molecule has 0 fully saturated rings. The second kappa shape index (κ2) is 7.88. The summed E-state index contributed by atoms with van der Waals surface area (Å²) in [5.41, 5.74) is 3.21. The molecule has 2 aromatic carbocycles. The van der Waals surface area contributed by atoms with Crippen LogP contribution in [0.2, 0.25) is 0 Å². The Bertz CT molecular complexity index is 818. The van der Waals surface area contributed by atoms with Crippen molar-refractivity contribution < 1.29 is 9.59 Å². The van der Waals surface area contributed by atoms with Crippen LogP contribution in [-0.2, 0) is 16.1 Å². The molecule has 4 N–H and O–H groups in total. The molecule has 0 saturated carbocycles. The van der Waals surface area contributed by atoms with Crippen molar-refractivity contribution >= 4 is 53.1 Å². The molecule has 2 amide bonds. The number of halogens is 1. The molecule has 1 heterocycles. The van der Waals surface area contributed by atoms with Crippen molar-refractivity contribution in [1.82, 2.24) is 5.32 Å². The maximum absolute atomic E-state index is 12.3. The van der Waals surface area contributed by atoms with Gasteiger partial charge >= 0.3 is 0 Å². The van der Waals surface area contributed by atoms with Crippen LogP contribution >= 0.6 is 24.2 Å². The fourth-order valence-electron chi connectivity index (χ4n) is 2.69. The maximum atomic E-state index is 12.3. The van der Waals surface area contributed by atoms with Crippen molar-refractivity contribution in [2.75, 3.05) is 21.8 Å². The number of benzene rings is 2. The topological polar surface area (TPSA) is 82.3 Å². The van der Waals surface area contributed by atoms with Gasteiger partial charge in [0.25, 0.3) is 0 Å². The van der Waals surface area contributed by atoms with E-state index >= 15 is 0 Å². The Kier molecular flexibility index (Phi) is 5.58. The second-order valence-electron chi connectivity index (χ2n) is 5.99. The van der Waals surface area contributed by atoms with Crippen molar-refractivity contribution in [2.24, 2.45) is 0 Å². The number of hydrogen-bond donors (Lipinski definition) is 5. The van der Waals surface area contributed by atoms with Gasteiger partial charge in [-0.15, -0.1) is 24.2 Å². The molecular formula is C18H19ClN4O2S. The van der Waals surface area contributed by atoms with Crippen molar-refractivity contribution in [2.45, 2.75) is 18.0 Å². The van der Waals surface area contributed by atoms with Crippen molar-refractivity contribution in [3.05, 3.63) is 54.1 Å². The van der Waals surface area contributed by atoms with Gasteiger partial charge in [0.2, 0.25) is 11.8 Å². The number of rotatable bonds is 6. The van der Waals surface area contributed by atoms with Gasteiger partial charge in [0, 0.05) is 12.2 Å². The second-order valence-corrected chi connectivity index (χ2v) is 7.02. The minimum atomic E-state index is -0.905. The lowest BCUT2D eigenvalue weighted by Gasteiger charge is -2.24. The first-order chi connectivity index (χ1) is 12.5. The molecule has 136 valence electrons. The van der Waals surface area contributed by atoms with Gasteiger partial charge < -0.3 is 21.3 Å². The Balaban J connectivity index is 1.58. The van der Waals surface area contributed by atoms with E-state index in [4.69, 9.17) is 11.6 Å². The molecular weight excluding hydrogens is 372 g/mol. The number of fused-ring (bicyclic) bond motifs is 1. The van der Waals surface area contributed by atoms with E-state index in [1.165, 1.54) is 0 Å². The molecule has 0 spiro atoms. The standard InChI is InChI=1S/C18H19ClN4O2S/c19-10-17(25)21-13-6-7-14-15(8-13)23-18(26,22-14)9-16(24)20-11-12-4-2-1-3-5-12/h1-8,22-23,26H,9-11H2,(H,20,24)(H,21,25). The van der Waals surface area contributed by atoms with Crippen LogP contribution in [0.1, 0.15) is 12.0 Å². The molecule has 3 rings (SSSR count). The normalized spacial score (nSPS) is 17.6. The van der Waals surface area contributed by atoms with Crippen LogP contribution < -0.4 is 21.3 Å². The lowest BCUT2D eigenvalue weighted by atomic mass is 10.2. The monoisotopic (exact) mass is 390 g/mol. The summed E-state index contributed by atoms with van der Waals surface area (Å²) >= 11 is 10.1. The molecule has 1 aliphatic heterocycles. The lowest BCUT2D eigenvalue weighted by molar-refractivity contribution is -0.121. The fraction of sp³-hybridized carbons (Fsp3) is 0.222. The van der Waals surface area contributed by atoms with Crippen LogP contribution in [0, 0.1) is 0 Å². The van der Waals surface area contributed by atoms with Crippen LogP contribution in [0.3, 0.4) is 0 Å². The highest BCUT2D eigenvalue weighted by atomic mass is 35.5. The van der Waals surface area contributed by atoms with E-state index in [0.717, 1.165) is 16.9 Å². The molecule has 0 bridgehead atoms. The summed E-state index contributed by atoms with van der Waals surface area (Å²) in [5.74, 6) is -0.525. The number of anilines is 3. The van der Waals surface area contributed by atoms with Crippen molar-refractivity contribution in [1.29, 1.82) is 0 Å². The first-order valence-corrected chi connectivity index (χ1v) is 9.05. The average molecular weight is 391 g/mol. The van der Waals surface area contributed by atoms with E-state index in [1.807, 2.05) is 36.4 Å². The summed E-state index contributed by atoms with van der Waals surface area (Å²) in [4.78, 5) is 22.8. The Labute approximate surface area is 162 Å². The van der Waals surface area contributed by atoms with E-state index in [1.54, 1.807) is 12.1 Å². The summed E-state index contributed by atoms with van der Waals surface area (Å²) in [6.45, 7) is 0.463. The Morgan fingerprint density at radius 3 is 2.50 bits per heavy atom. The Morgan fingerprint density at radius 1 is 1.04 bits per heavy atom. The number of alkyl halides is 1. The molecule has 0 aliphatic carbocycles. The van der Waals surface area contributed by atoms with Crippen LogP contribution in [0.5, 0.6) is 0 Å². The first kappa shape index (κ1) is 18.4. The first-order valence-electron chi connectivity index (χ1n) is 8.07. The van der Waals surface area contributed by atoms with E-state index in [2.05, 4.69) is 33.9 Å². The van der Waals surface area contributed by atoms with Crippen LogP contribution in [0.4, 0.5) is 17.1 Å². The molecule has 1 atom stereocenters. The van der Waals surface area contributed by atoms with Gasteiger partial charge in [-0.05, 0) is 23.8 Å². The lowest BCUT2D eigenvalue weighted by Crippen LogP contribution is -2.41. The maximum Gasteiger partial charge on any atom is 0.239 e. The number of hydrogen-bond acceptors (Lipinski definition) is 5. The van der Waals surface area contributed by atoms with E-state index in [-0.39, 0.29) is 24.1 Å². The quantitative estimate of drug-likeness (QED) is 0.388. The summed E-state index contributed by atoms with van der Waals surface area (Å²) in [6, 6.07) is 15.0. The molecule has 1 unspecified atom stereocenters.